The van der Waals surface area contributed by atoms with Crippen molar-refractivity contribution in [1.82, 2.24) is 10.1 Å². The maximum Gasteiger partial charge on any atom is 0.258 e. The molecule has 0 N–H and O–H groups in total. The first-order valence-corrected chi connectivity index (χ1v) is 5.11. The highest BCUT2D eigenvalue weighted by Gasteiger charge is 2.14. The van der Waals surface area contributed by atoms with Gasteiger partial charge in [0, 0.05) is 12.7 Å². The molecule has 86 valence electrons. The smallest absolute Gasteiger partial charge is 0.258 e. The molecular formula is C12H11N3O2. The maximum atomic E-state index is 8.80. The van der Waals surface area contributed by atoms with Gasteiger partial charge in [0.2, 0.25) is 5.82 Å². The normalized spacial score (nSPS) is 12.1. The van der Waals surface area contributed by atoms with Gasteiger partial charge < -0.3 is 9.26 Å². The Bertz CT molecular complexity index is 557. The molecule has 1 unspecified atom stereocenters. The van der Waals surface area contributed by atoms with E-state index < -0.39 is 0 Å². The molecule has 0 aliphatic heterocycles. The summed E-state index contributed by atoms with van der Waals surface area (Å²) in [6.45, 7) is 1.83. The zero-order valence-electron chi connectivity index (χ0n) is 9.54. The zero-order chi connectivity index (χ0) is 12.3. The summed E-state index contributed by atoms with van der Waals surface area (Å²) >= 11 is 0. The quantitative estimate of drug-likeness (QED) is 0.807. The standard InChI is InChI=1S/C12H11N3O2/c1-8(16-2)11-14-12(17-15-11)10-5-3-4-9(6-10)7-13/h3-6,8H,1-2H3. The fraction of sp³-hybridized carbons (Fsp3) is 0.250. The lowest BCUT2D eigenvalue weighted by molar-refractivity contribution is 0.109. The molecule has 17 heavy (non-hydrogen) atoms. The molecule has 2 rings (SSSR count). The van der Waals surface area contributed by atoms with Crippen LogP contribution < -0.4 is 0 Å². The Kier molecular flexibility index (Phi) is 3.17. The molecule has 1 heterocycles. The van der Waals surface area contributed by atoms with Crippen LogP contribution in [0.3, 0.4) is 0 Å². The molecular weight excluding hydrogens is 218 g/mol. The molecule has 0 aliphatic carbocycles. The number of nitrogens with zero attached hydrogens (tertiary/aromatic N) is 3. The highest BCUT2D eigenvalue weighted by molar-refractivity contribution is 5.55. The van der Waals surface area contributed by atoms with Gasteiger partial charge in [-0.2, -0.15) is 10.2 Å². The highest BCUT2D eigenvalue weighted by Crippen LogP contribution is 2.21. The van der Waals surface area contributed by atoms with Crippen LogP contribution in [-0.2, 0) is 4.74 Å². The van der Waals surface area contributed by atoms with E-state index in [1.54, 1.807) is 25.3 Å². The molecule has 0 saturated carbocycles. The predicted octanol–water partition coefficient (Wildman–Crippen LogP) is 2.32. The summed E-state index contributed by atoms with van der Waals surface area (Å²) in [7, 11) is 1.58. The van der Waals surface area contributed by atoms with E-state index in [1.807, 2.05) is 13.0 Å². The average Bonchev–Trinajstić information content (AvgIpc) is 2.87. The second-order valence-electron chi connectivity index (χ2n) is 3.53. The largest absolute Gasteiger partial charge is 0.374 e. The van der Waals surface area contributed by atoms with E-state index in [-0.39, 0.29) is 6.10 Å². The summed E-state index contributed by atoms with van der Waals surface area (Å²) in [5.74, 6) is 0.880. The summed E-state index contributed by atoms with van der Waals surface area (Å²) in [4.78, 5) is 4.21. The third kappa shape index (κ3) is 2.32. The fourth-order valence-electron chi connectivity index (χ4n) is 1.34. The van der Waals surface area contributed by atoms with Crippen LogP contribution in [0, 0.1) is 11.3 Å². The lowest BCUT2D eigenvalue weighted by Crippen LogP contribution is -1.97. The minimum absolute atomic E-state index is 0.216. The third-order valence-electron chi connectivity index (χ3n) is 2.40. The fourth-order valence-corrected chi connectivity index (χ4v) is 1.34. The van der Waals surface area contributed by atoms with E-state index in [1.165, 1.54) is 0 Å². The first kappa shape index (κ1) is 11.3. The van der Waals surface area contributed by atoms with Crippen LogP contribution in [0.25, 0.3) is 11.5 Å². The Morgan fingerprint density at radius 2 is 2.29 bits per heavy atom. The van der Waals surface area contributed by atoms with E-state index in [0.29, 0.717) is 17.3 Å². The second-order valence-corrected chi connectivity index (χ2v) is 3.53. The molecule has 0 amide bonds. The SMILES string of the molecule is COC(C)c1noc(-c2cccc(C#N)c2)n1. The number of rotatable bonds is 3. The highest BCUT2D eigenvalue weighted by atomic mass is 16.5. The van der Waals surface area contributed by atoms with Crippen molar-refractivity contribution < 1.29 is 9.26 Å². The van der Waals surface area contributed by atoms with Gasteiger partial charge in [0.05, 0.1) is 11.6 Å². The predicted molar refractivity (Wildman–Crippen MR) is 59.9 cm³/mol. The minimum atomic E-state index is -0.216. The summed E-state index contributed by atoms with van der Waals surface area (Å²) in [5.41, 5.74) is 1.29. The summed E-state index contributed by atoms with van der Waals surface area (Å²) in [6.07, 6.45) is -0.216. The van der Waals surface area contributed by atoms with Crippen LogP contribution in [0.2, 0.25) is 0 Å². The second kappa shape index (κ2) is 4.76. The molecule has 2 aromatic rings. The van der Waals surface area contributed by atoms with Gasteiger partial charge >= 0.3 is 0 Å². The lowest BCUT2D eigenvalue weighted by atomic mass is 10.1. The van der Waals surface area contributed by atoms with Gasteiger partial charge in [-0.1, -0.05) is 11.2 Å². The molecule has 5 heteroatoms. The van der Waals surface area contributed by atoms with E-state index in [2.05, 4.69) is 16.2 Å². The van der Waals surface area contributed by atoms with Gasteiger partial charge in [0.15, 0.2) is 0 Å². The van der Waals surface area contributed by atoms with Crippen molar-refractivity contribution in [1.29, 1.82) is 5.26 Å². The van der Waals surface area contributed by atoms with Crippen molar-refractivity contribution in [3.05, 3.63) is 35.7 Å². The van der Waals surface area contributed by atoms with Crippen molar-refractivity contribution in [3.8, 4) is 17.5 Å². The van der Waals surface area contributed by atoms with Crippen molar-refractivity contribution in [3.63, 3.8) is 0 Å². The summed E-state index contributed by atoms with van der Waals surface area (Å²) in [6, 6.07) is 9.08. The van der Waals surface area contributed by atoms with Gasteiger partial charge in [-0.15, -0.1) is 0 Å². The van der Waals surface area contributed by atoms with E-state index in [0.717, 1.165) is 5.56 Å². The Balaban J connectivity index is 2.34. The monoisotopic (exact) mass is 229 g/mol. The van der Waals surface area contributed by atoms with Gasteiger partial charge in [0.25, 0.3) is 5.89 Å². The molecule has 0 radical (unpaired) electrons. The van der Waals surface area contributed by atoms with Crippen molar-refractivity contribution >= 4 is 0 Å². The van der Waals surface area contributed by atoms with Crippen LogP contribution in [-0.4, -0.2) is 17.3 Å². The van der Waals surface area contributed by atoms with E-state index in [9.17, 15) is 0 Å². The van der Waals surface area contributed by atoms with Crippen molar-refractivity contribution in [2.45, 2.75) is 13.0 Å². The molecule has 0 spiro atoms. The zero-order valence-corrected chi connectivity index (χ0v) is 9.54. The Morgan fingerprint density at radius 3 is 3.00 bits per heavy atom. The molecule has 0 fully saturated rings. The maximum absolute atomic E-state index is 8.80. The number of benzene rings is 1. The van der Waals surface area contributed by atoms with Crippen molar-refractivity contribution in [2.75, 3.05) is 7.11 Å². The molecule has 0 bridgehead atoms. The molecule has 1 atom stereocenters. The van der Waals surface area contributed by atoms with Crippen LogP contribution in [0.15, 0.2) is 28.8 Å². The third-order valence-corrected chi connectivity index (χ3v) is 2.40. The van der Waals surface area contributed by atoms with Gasteiger partial charge in [-0.25, -0.2) is 0 Å². The topological polar surface area (TPSA) is 71.9 Å². The van der Waals surface area contributed by atoms with E-state index in [4.69, 9.17) is 14.5 Å². The number of ether oxygens (including phenoxy) is 1. The molecule has 0 saturated heterocycles. The van der Waals surface area contributed by atoms with Gasteiger partial charge in [0.1, 0.15) is 6.10 Å². The summed E-state index contributed by atoms with van der Waals surface area (Å²) in [5, 5.41) is 12.6. The van der Waals surface area contributed by atoms with Crippen molar-refractivity contribution in [2.24, 2.45) is 0 Å². The van der Waals surface area contributed by atoms with Gasteiger partial charge in [-0.05, 0) is 25.1 Å². The lowest BCUT2D eigenvalue weighted by Gasteiger charge is -2.00. The average molecular weight is 229 g/mol. The summed E-state index contributed by atoms with van der Waals surface area (Å²) < 4.78 is 10.2. The molecule has 1 aromatic carbocycles. The number of aromatic nitrogens is 2. The minimum Gasteiger partial charge on any atom is -0.374 e. The van der Waals surface area contributed by atoms with E-state index >= 15 is 0 Å². The van der Waals surface area contributed by atoms with Gasteiger partial charge in [-0.3, -0.25) is 0 Å². The number of methoxy groups -OCH3 is 1. The Morgan fingerprint density at radius 1 is 1.47 bits per heavy atom. The molecule has 5 nitrogen and oxygen atoms in total. The Labute approximate surface area is 98.6 Å². The van der Waals surface area contributed by atoms with Crippen LogP contribution in [0.5, 0.6) is 0 Å². The first-order valence-electron chi connectivity index (χ1n) is 5.11. The number of hydrogen-bond acceptors (Lipinski definition) is 5. The molecule has 0 aliphatic rings. The van der Waals surface area contributed by atoms with Crippen LogP contribution in [0.1, 0.15) is 24.4 Å². The molecule has 1 aromatic heterocycles. The number of hydrogen-bond donors (Lipinski definition) is 0. The Hall–Kier alpha value is -2.19. The van der Waals surface area contributed by atoms with Crippen LogP contribution >= 0.6 is 0 Å². The number of nitriles is 1. The first-order chi connectivity index (χ1) is 8.24. The van der Waals surface area contributed by atoms with Crippen LogP contribution in [0.4, 0.5) is 0 Å².